The summed E-state index contributed by atoms with van der Waals surface area (Å²) in [6.45, 7) is 3.26. The van der Waals surface area contributed by atoms with Crippen LogP contribution in [0.15, 0.2) is 72.8 Å². The van der Waals surface area contributed by atoms with E-state index >= 15 is 0 Å². The van der Waals surface area contributed by atoms with Crippen LogP contribution in [0.5, 0.6) is 5.88 Å². The summed E-state index contributed by atoms with van der Waals surface area (Å²) in [4.78, 5) is 15.4. The first kappa shape index (κ1) is 19.1. The van der Waals surface area contributed by atoms with Crippen molar-refractivity contribution >= 4 is 5.91 Å². The molecule has 0 spiro atoms. The molecule has 1 fully saturated rings. The summed E-state index contributed by atoms with van der Waals surface area (Å²) >= 11 is 0. The molecule has 4 rings (SSSR count). The molecule has 0 atom stereocenters. The van der Waals surface area contributed by atoms with Crippen molar-refractivity contribution in [2.24, 2.45) is 0 Å². The number of rotatable bonds is 5. The lowest BCUT2D eigenvalue weighted by Gasteiger charge is -2.34. The van der Waals surface area contributed by atoms with Gasteiger partial charge in [0.1, 0.15) is 6.10 Å². The van der Waals surface area contributed by atoms with Gasteiger partial charge in [-0.3, -0.25) is 4.79 Å². The molecule has 148 valence electrons. The van der Waals surface area contributed by atoms with Gasteiger partial charge in [-0.25, -0.2) is 0 Å². The van der Waals surface area contributed by atoms with E-state index in [1.54, 1.807) is 0 Å². The van der Waals surface area contributed by atoms with Crippen LogP contribution in [0.1, 0.15) is 35.6 Å². The molecule has 0 unspecified atom stereocenters. The summed E-state index contributed by atoms with van der Waals surface area (Å²) in [6.07, 6.45) is 1.64. The Morgan fingerprint density at radius 1 is 0.897 bits per heavy atom. The number of hydrogen-bond donors (Lipinski definition) is 0. The number of hydrogen-bond acceptors (Lipinski definition) is 4. The van der Waals surface area contributed by atoms with Gasteiger partial charge in [-0.05, 0) is 24.1 Å². The van der Waals surface area contributed by atoms with Gasteiger partial charge in [-0.15, -0.1) is 5.10 Å². The van der Waals surface area contributed by atoms with Gasteiger partial charge in [0.15, 0.2) is 0 Å². The minimum Gasteiger partial charge on any atom is -0.473 e. The third-order valence-corrected chi connectivity index (χ3v) is 5.33. The molecule has 0 bridgehead atoms. The Morgan fingerprint density at radius 2 is 1.48 bits per heavy atom. The monoisotopic (exact) mass is 387 g/mol. The SMILES string of the molecule is Cc1ccc(OC2CCN(C(=O)C(c3ccccc3)c3ccccc3)CC2)nn1. The lowest BCUT2D eigenvalue weighted by molar-refractivity contribution is -0.133. The smallest absolute Gasteiger partial charge is 0.234 e. The first-order valence-electron chi connectivity index (χ1n) is 10.1. The average molecular weight is 387 g/mol. The van der Waals surface area contributed by atoms with Gasteiger partial charge >= 0.3 is 0 Å². The van der Waals surface area contributed by atoms with Crippen LogP contribution in [0.3, 0.4) is 0 Å². The maximum Gasteiger partial charge on any atom is 0.234 e. The number of piperidine rings is 1. The number of aromatic nitrogens is 2. The van der Waals surface area contributed by atoms with E-state index in [9.17, 15) is 4.79 Å². The van der Waals surface area contributed by atoms with Gasteiger partial charge in [0.25, 0.3) is 0 Å². The van der Waals surface area contributed by atoms with E-state index in [0.29, 0.717) is 19.0 Å². The number of aryl methyl sites for hydroxylation is 1. The lowest BCUT2D eigenvalue weighted by Crippen LogP contribution is -2.44. The van der Waals surface area contributed by atoms with Crippen molar-refractivity contribution in [2.75, 3.05) is 13.1 Å². The van der Waals surface area contributed by atoms with E-state index in [-0.39, 0.29) is 17.9 Å². The minimum absolute atomic E-state index is 0.0583. The van der Waals surface area contributed by atoms with Crippen molar-refractivity contribution in [1.82, 2.24) is 15.1 Å². The molecule has 0 N–H and O–H groups in total. The van der Waals surface area contributed by atoms with Gasteiger partial charge in [-0.1, -0.05) is 60.7 Å². The number of likely N-dealkylation sites (tertiary alicyclic amines) is 1. The summed E-state index contributed by atoms with van der Waals surface area (Å²) < 4.78 is 5.96. The number of ether oxygens (including phenoxy) is 1. The quantitative estimate of drug-likeness (QED) is 0.664. The maximum atomic E-state index is 13.5. The second-order valence-corrected chi connectivity index (χ2v) is 7.41. The normalized spacial score (nSPS) is 14.8. The second-order valence-electron chi connectivity index (χ2n) is 7.41. The molecule has 1 aliphatic heterocycles. The molecule has 1 saturated heterocycles. The van der Waals surface area contributed by atoms with Crippen molar-refractivity contribution in [3.8, 4) is 5.88 Å². The molecule has 5 heteroatoms. The van der Waals surface area contributed by atoms with Crippen LogP contribution in [0.25, 0.3) is 0 Å². The molecule has 3 aromatic rings. The molecular weight excluding hydrogens is 362 g/mol. The van der Waals surface area contributed by atoms with E-state index in [0.717, 1.165) is 29.7 Å². The summed E-state index contributed by atoms with van der Waals surface area (Å²) in [5.74, 6) is 0.417. The molecule has 1 amide bonds. The first-order chi connectivity index (χ1) is 14.2. The Balaban J connectivity index is 1.45. The van der Waals surface area contributed by atoms with E-state index < -0.39 is 0 Å². The minimum atomic E-state index is -0.280. The zero-order valence-electron chi connectivity index (χ0n) is 16.6. The lowest BCUT2D eigenvalue weighted by atomic mass is 9.89. The number of carbonyl (C=O) groups is 1. The van der Waals surface area contributed by atoms with E-state index in [4.69, 9.17) is 4.74 Å². The van der Waals surface area contributed by atoms with Crippen LogP contribution in [0, 0.1) is 6.92 Å². The highest BCUT2D eigenvalue weighted by Gasteiger charge is 2.31. The van der Waals surface area contributed by atoms with Gasteiger partial charge in [0.05, 0.1) is 11.6 Å². The molecule has 1 aromatic heterocycles. The highest BCUT2D eigenvalue weighted by molar-refractivity contribution is 5.87. The molecule has 0 saturated carbocycles. The van der Waals surface area contributed by atoms with Gasteiger partial charge < -0.3 is 9.64 Å². The number of amides is 1. The standard InChI is InChI=1S/C24H25N3O2/c1-18-12-13-22(26-25-18)29-21-14-16-27(17-15-21)24(28)23(19-8-4-2-5-9-19)20-10-6-3-7-11-20/h2-13,21,23H,14-17H2,1H3. The number of nitrogens with zero attached hydrogens (tertiary/aromatic N) is 3. The van der Waals surface area contributed by atoms with Crippen molar-refractivity contribution in [2.45, 2.75) is 31.8 Å². The van der Waals surface area contributed by atoms with Crippen LogP contribution < -0.4 is 4.74 Å². The van der Waals surface area contributed by atoms with Crippen LogP contribution in [-0.2, 0) is 4.79 Å². The summed E-state index contributed by atoms with van der Waals surface area (Å²) in [7, 11) is 0. The van der Waals surface area contributed by atoms with Crippen LogP contribution >= 0.6 is 0 Å². The fourth-order valence-electron chi connectivity index (χ4n) is 3.77. The summed E-state index contributed by atoms with van der Waals surface area (Å²) in [6, 6.07) is 23.8. The largest absolute Gasteiger partial charge is 0.473 e. The Morgan fingerprint density at radius 3 is 2.00 bits per heavy atom. The predicted molar refractivity (Wildman–Crippen MR) is 112 cm³/mol. The molecule has 1 aliphatic rings. The Labute approximate surface area is 171 Å². The zero-order valence-corrected chi connectivity index (χ0v) is 16.6. The number of carbonyl (C=O) groups excluding carboxylic acids is 1. The maximum absolute atomic E-state index is 13.5. The third kappa shape index (κ3) is 4.62. The fourth-order valence-corrected chi connectivity index (χ4v) is 3.77. The average Bonchev–Trinajstić information content (AvgIpc) is 2.77. The Bertz CT molecular complexity index is 882. The van der Waals surface area contributed by atoms with E-state index in [2.05, 4.69) is 10.2 Å². The van der Waals surface area contributed by atoms with Crippen LogP contribution in [-0.4, -0.2) is 40.2 Å². The molecular formula is C24H25N3O2. The summed E-state index contributed by atoms with van der Waals surface area (Å²) in [5, 5.41) is 8.12. The van der Waals surface area contributed by atoms with E-state index in [1.807, 2.05) is 84.6 Å². The third-order valence-electron chi connectivity index (χ3n) is 5.33. The molecule has 2 aromatic carbocycles. The van der Waals surface area contributed by atoms with Crippen molar-refractivity contribution in [1.29, 1.82) is 0 Å². The fraction of sp³-hybridized carbons (Fsp3) is 0.292. The number of benzene rings is 2. The van der Waals surface area contributed by atoms with Crippen LogP contribution in [0.2, 0.25) is 0 Å². The van der Waals surface area contributed by atoms with Crippen LogP contribution in [0.4, 0.5) is 0 Å². The van der Waals surface area contributed by atoms with Crippen molar-refractivity contribution in [3.63, 3.8) is 0 Å². The Kier molecular flexibility index (Phi) is 5.84. The Hall–Kier alpha value is -3.21. The van der Waals surface area contributed by atoms with Gasteiger partial charge in [0, 0.05) is 32.0 Å². The summed E-state index contributed by atoms with van der Waals surface area (Å²) in [5.41, 5.74) is 2.92. The second kappa shape index (κ2) is 8.86. The molecule has 2 heterocycles. The van der Waals surface area contributed by atoms with Gasteiger partial charge in [-0.2, -0.15) is 5.10 Å². The van der Waals surface area contributed by atoms with E-state index in [1.165, 1.54) is 0 Å². The molecule has 29 heavy (non-hydrogen) atoms. The van der Waals surface area contributed by atoms with Gasteiger partial charge in [0.2, 0.25) is 11.8 Å². The first-order valence-corrected chi connectivity index (χ1v) is 10.1. The molecule has 0 radical (unpaired) electrons. The van der Waals surface area contributed by atoms with Crippen molar-refractivity contribution in [3.05, 3.63) is 89.6 Å². The zero-order chi connectivity index (χ0) is 20.1. The topological polar surface area (TPSA) is 55.3 Å². The molecule has 0 aliphatic carbocycles. The highest BCUT2D eigenvalue weighted by atomic mass is 16.5. The molecule has 5 nitrogen and oxygen atoms in total. The van der Waals surface area contributed by atoms with Crippen molar-refractivity contribution < 1.29 is 9.53 Å². The predicted octanol–water partition coefficient (Wildman–Crippen LogP) is 3.99. The highest BCUT2D eigenvalue weighted by Crippen LogP contribution is 2.28.